The average molecular weight is 310 g/mol. The number of nitrogens with two attached hydrogens (primary N) is 1. The van der Waals surface area contributed by atoms with Crippen molar-refractivity contribution in [2.45, 2.75) is 57.7 Å². The lowest BCUT2D eigenvalue weighted by Crippen LogP contribution is -2.50. The third-order valence-electron chi connectivity index (χ3n) is 4.56. The molecule has 2 atom stereocenters. The first-order valence-electron chi connectivity index (χ1n) is 7.59. The van der Waals surface area contributed by atoms with Crippen molar-refractivity contribution in [3.8, 4) is 0 Å². The fourth-order valence-electron chi connectivity index (χ4n) is 3.48. The molecule has 0 aliphatic carbocycles. The van der Waals surface area contributed by atoms with E-state index in [1.54, 1.807) is 0 Å². The number of nitrogens with one attached hydrogen (secondary N) is 1. The van der Waals surface area contributed by atoms with Crippen LogP contribution in [0.25, 0.3) is 0 Å². The van der Waals surface area contributed by atoms with Crippen LogP contribution in [0, 0.1) is 20.8 Å². The minimum atomic E-state index is -3.03. The van der Waals surface area contributed by atoms with Gasteiger partial charge < -0.3 is 0 Å². The fraction of sp³-hybridized carbons (Fsp3) is 0.625. The Bertz CT molecular complexity index is 588. The second-order valence-corrected chi connectivity index (χ2v) is 8.60. The van der Waals surface area contributed by atoms with Crippen LogP contribution in [-0.4, -0.2) is 25.5 Å². The minimum Gasteiger partial charge on any atom is -0.271 e. The van der Waals surface area contributed by atoms with Gasteiger partial charge in [0, 0.05) is 6.04 Å². The van der Waals surface area contributed by atoms with Crippen molar-refractivity contribution >= 4 is 9.84 Å². The molecule has 0 aromatic heterocycles. The maximum absolute atomic E-state index is 12.3. The van der Waals surface area contributed by atoms with Crippen molar-refractivity contribution in [2.24, 2.45) is 5.84 Å². The summed E-state index contributed by atoms with van der Waals surface area (Å²) in [7, 11) is -3.03. The van der Waals surface area contributed by atoms with Gasteiger partial charge in [-0.2, -0.15) is 0 Å². The van der Waals surface area contributed by atoms with E-state index in [0.29, 0.717) is 18.6 Å². The van der Waals surface area contributed by atoms with Gasteiger partial charge >= 0.3 is 0 Å². The molecular formula is C16H26N2O2S. The first-order chi connectivity index (χ1) is 9.85. The number of benzene rings is 1. The van der Waals surface area contributed by atoms with Crippen molar-refractivity contribution in [2.75, 3.05) is 5.75 Å². The SMILES string of the molecule is Cc1cc(C)c(CC(NN)C2CCCCS2(=O)=O)c(C)c1. The van der Waals surface area contributed by atoms with E-state index in [4.69, 9.17) is 5.84 Å². The lowest BCUT2D eigenvalue weighted by atomic mass is 9.92. The molecular weight excluding hydrogens is 284 g/mol. The minimum absolute atomic E-state index is 0.213. The molecule has 0 amide bonds. The van der Waals surface area contributed by atoms with Gasteiger partial charge in [-0.05, 0) is 56.7 Å². The van der Waals surface area contributed by atoms with Crippen molar-refractivity contribution in [3.05, 3.63) is 34.4 Å². The molecule has 4 nitrogen and oxygen atoms in total. The van der Waals surface area contributed by atoms with E-state index in [0.717, 1.165) is 12.8 Å². The second kappa shape index (κ2) is 6.46. The van der Waals surface area contributed by atoms with E-state index in [9.17, 15) is 8.42 Å². The van der Waals surface area contributed by atoms with Crippen LogP contribution in [0.4, 0.5) is 0 Å². The van der Waals surface area contributed by atoms with E-state index in [-0.39, 0.29) is 11.3 Å². The Morgan fingerprint density at radius 3 is 2.38 bits per heavy atom. The van der Waals surface area contributed by atoms with Crippen LogP contribution in [0.15, 0.2) is 12.1 Å². The van der Waals surface area contributed by atoms with Gasteiger partial charge in [0.2, 0.25) is 0 Å². The zero-order chi connectivity index (χ0) is 15.6. The van der Waals surface area contributed by atoms with Gasteiger partial charge in [0.05, 0.1) is 11.0 Å². The largest absolute Gasteiger partial charge is 0.271 e. The maximum Gasteiger partial charge on any atom is 0.154 e. The Morgan fingerprint density at radius 2 is 1.86 bits per heavy atom. The average Bonchev–Trinajstić information content (AvgIpc) is 2.38. The van der Waals surface area contributed by atoms with Crippen LogP contribution in [0.5, 0.6) is 0 Å². The van der Waals surface area contributed by atoms with Crippen LogP contribution >= 0.6 is 0 Å². The molecule has 0 bridgehead atoms. The van der Waals surface area contributed by atoms with Gasteiger partial charge in [-0.15, -0.1) is 0 Å². The van der Waals surface area contributed by atoms with Gasteiger partial charge in [0.25, 0.3) is 0 Å². The Kier molecular flexibility index (Phi) is 5.07. The zero-order valence-corrected chi connectivity index (χ0v) is 14.0. The van der Waals surface area contributed by atoms with E-state index >= 15 is 0 Å². The highest BCUT2D eigenvalue weighted by atomic mass is 32.2. The highest BCUT2D eigenvalue weighted by Gasteiger charge is 2.35. The van der Waals surface area contributed by atoms with Gasteiger partial charge in [-0.25, -0.2) is 8.42 Å². The Morgan fingerprint density at radius 1 is 1.24 bits per heavy atom. The summed E-state index contributed by atoms with van der Waals surface area (Å²) in [6.07, 6.45) is 3.12. The van der Waals surface area contributed by atoms with Gasteiger partial charge in [0.15, 0.2) is 9.84 Å². The molecule has 0 radical (unpaired) electrons. The smallest absolute Gasteiger partial charge is 0.154 e. The van der Waals surface area contributed by atoms with E-state index < -0.39 is 9.84 Å². The molecule has 2 unspecified atom stereocenters. The van der Waals surface area contributed by atoms with E-state index in [1.165, 1.54) is 22.3 Å². The van der Waals surface area contributed by atoms with Crippen LogP contribution in [0.3, 0.4) is 0 Å². The molecule has 1 heterocycles. The number of hydrazine groups is 1. The Hall–Kier alpha value is -0.910. The quantitative estimate of drug-likeness (QED) is 0.658. The highest BCUT2D eigenvalue weighted by Crippen LogP contribution is 2.26. The fourth-order valence-corrected chi connectivity index (χ4v) is 5.59. The van der Waals surface area contributed by atoms with Crippen molar-refractivity contribution in [1.29, 1.82) is 0 Å². The summed E-state index contributed by atoms with van der Waals surface area (Å²) in [4.78, 5) is 0. The summed E-state index contributed by atoms with van der Waals surface area (Å²) >= 11 is 0. The summed E-state index contributed by atoms with van der Waals surface area (Å²) in [5.41, 5.74) is 7.63. The lowest BCUT2D eigenvalue weighted by Gasteiger charge is -2.30. The molecule has 21 heavy (non-hydrogen) atoms. The molecule has 1 aliphatic rings. The molecule has 1 saturated heterocycles. The van der Waals surface area contributed by atoms with Crippen LogP contribution in [0.2, 0.25) is 0 Å². The summed E-state index contributed by atoms with van der Waals surface area (Å²) in [5, 5.41) is -0.364. The molecule has 1 aromatic rings. The molecule has 0 saturated carbocycles. The molecule has 1 fully saturated rings. The molecule has 0 spiro atoms. The summed E-state index contributed by atoms with van der Waals surface area (Å²) in [5.74, 6) is 5.98. The topological polar surface area (TPSA) is 72.2 Å². The van der Waals surface area contributed by atoms with Gasteiger partial charge in [-0.1, -0.05) is 24.1 Å². The molecule has 1 aromatic carbocycles. The normalized spacial score (nSPS) is 23.0. The number of rotatable bonds is 4. The standard InChI is InChI=1S/C16H26N2O2S/c1-11-8-12(2)14(13(3)9-11)10-15(18-17)16-6-4-5-7-21(16,19)20/h8-9,15-16,18H,4-7,10,17H2,1-3H3. The van der Waals surface area contributed by atoms with Crippen LogP contribution in [0.1, 0.15) is 41.5 Å². The summed E-state index contributed by atoms with van der Waals surface area (Å²) in [6, 6.07) is 4.08. The third kappa shape index (κ3) is 3.65. The molecule has 3 N–H and O–H groups in total. The first-order valence-corrected chi connectivity index (χ1v) is 9.31. The summed E-state index contributed by atoms with van der Waals surface area (Å²) < 4.78 is 24.6. The van der Waals surface area contributed by atoms with E-state index in [2.05, 4.69) is 38.3 Å². The van der Waals surface area contributed by atoms with Crippen LogP contribution in [-0.2, 0) is 16.3 Å². The van der Waals surface area contributed by atoms with E-state index in [1.807, 2.05) is 0 Å². The lowest BCUT2D eigenvalue weighted by molar-refractivity contribution is 0.439. The second-order valence-electron chi connectivity index (χ2n) is 6.26. The van der Waals surface area contributed by atoms with Crippen molar-refractivity contribution in [3.63, 3.8) is 0 Å². The molecule has 118 valence electrons. The maximum atomic E-state index is 12.3. The van der Waals surface area contributed by atoms with Crippen molar-refractivity contribution < 1.29 is 8.42 Å². The van der Waals surface area contributed by atoms with Crippen LogP contribution < -0.4 is 11.3 Å². The zero-order valence-electron chi connectivity index (χ0n) is 13.1. The molecule has 1 aliphatic heterocycles. The number of hydrogen-bond acceptors (Lipinski definition) is 4. The Labute approximate surface area is 128 Å². The van der Waals surface area contributed by atoms with Gasteiger partial charge in [0.1, 0.15) is 0 Å². The third-order valence-corrected chi connectivity index (χ3v) is 6.90. The van der Waals surface area contributed by atoms with Gasteiger partial charge in [-0.3, -0.25) is 11.3 Å². The number of sulfone groups is 1. The first kappa shape index (κ1) is 16.5. The molecule has 5 heteroatoms. The number of aryl methyl sites for hydroxylation is 3. The predicted molar refractivity (Wildman–Crippen MR) is 86.9 cm³/mol. The molecule has 2 rings (SSSR count). The predicted octanol–water partition coefficient (Wildman–Crippen LogP) is 1.95. The van der Waals surface area contributed by atoms with Crippen molar-refractivity contribution in [1.82, 2.24) is 5.43 Å². The Balaban J connectivity index is 2.27. The monoisotopic (exact) mass is 310 g/mol. The number of hydrogen-bond donors (Lipinski definition) is 2. The summed E-state index contributed by atoms with van der Waals surface area (Å²) in [6.45, 7) is 6.24. The highest BCUT2D eigenvalue weighted by molar-refractivity contribution is 7.92.